The van der Waals surface area contributed by atoms with E-state index in [0.29, 0.717) is 18.5 Å². The van der Waals surface area contributed by atoms with Crippen LogP contribution in [0, 0.1) is 12.8 Å². The number of alkyl halides is 2. The first-order chi connectivity index (χ1) is 8.89. The van der Waals surface area contributed by atoms with Gasteiger partial charge >= 0.3 is 0 Å². The SMILES string of the molecule is Cc1cccc(NC(=O)C2CCCC(F)(F)C2)c1Br. The number of halogens is 3. The van der Waals surface area contributed by atoms with Crippen molar-refractivity contribution in [2.75, 3.05) is 5.32 Å². The van der Waals surface area contributed by atoms with E-state index in [1.165, 1.54) is 0 Å². The lowest BCUT2D eigenvalue weighted by Crippen LogP contribution is -2.33. The van der Waals surface area contributed by atoms with Crippen molar-refractivity contribution in [3.05, 3.63) is 28.2 Å². The van der Waals surface area contributed by atoms with E-state index in [1.54, 1.807) is 6.07 Å². The normalized spacial score (nSPS) is 22.0. The van der Waals surface area contributed by atoms with E-state index < -0.39 is 11.8 Å². The molecule has 1 unspecified atom stereocenters. The zero-order valence-electron chi connectivity index (χ0n) is 10.7. The van der Waals surface area contributed by atoms with E-state index in [2.05, 4.69) is 21.2 Å². The molecule has 1 N–H and O–H groups in total. The van der Waals surface area contributed by atoms with Gasteiger partial charge in [-0.3, -0.25) is 4.79 Å². The molecule has 1 atom stereocenters. The summed E-state index contributed by atoms with van der Waals surface area (Å²) in [6, 6.07) is 5.50. The van der Waals surface area contributed by atoms with Crippen molar-refractivity contribution < 1.29 is 13.6 Å². The summed E-state index contributed by atoms with van der Waals surface area (Å²) in [4.78, 5) is 12.1. The fourth-order valence-electron chi connectivity index (χ4n) is 2.37. The van der Waals surface area contributed by atoms with Crippen LogP contribution in [0.4, 0.5) is 14.5 Å². The number of rotatable bonds is 2. The van der Waals surface area contributed by atoms with Gasteiger partial charge in [0.1, 0.15) is 0 Å². The average Bonchev–Trinajstić information content (AvgIpc) is 2.33. The van der Waals surface area contributed by atoms with Crippen LogP contribution in [0.1, 0.15) is 31.2 Å². The first kappa shape index (κ1) is 14.4. The first-order valence-electron chi connectivity index (χ1n) is 6.33. The molecule has 0 saturated heterocycles. The van der Waals surface area contributed by atoms with Crippen molar-refractivity contribution in [1.29, 1.82) is 0 Å². The highest BCUT2D eigenvalue weighted by Crippen LogP contribution is 2.37. The second kappa shape index (κ2) is 5.57. The van der Waals surface area contributed by atoms with Crippen LogP contribution < -0.4 is 5.32 Å². The third-order valence-corrected chi connectivity index (χ3v) is 4.51. The Morgan fingerprint density at radius 2 is 2.21 bits per heavy atom. The molecule has 5 heteroatoms. The molecule has 1 saturated carbocycles. The van der Waals surface area contributed by atoms with Gasteiger partial charge in [-0.2, -0.15) is 0 Å². The highest BCUT2D eigenvalue weighted by molar-refractivity contribution is 9.10. The Morgan fingerprint density at radius 3 is 2.89 bits per heavy atom. The molecule has 0 spiro atoms. The number of amides is 1. The lowest BCUT2D eigenvalue weighted by atomic mass is 9.86. The topological polar surface area (TPSA) is 29.1 Å². The molecular weight excluding hydrogens is 316 g/mol. The van der Waals surface area contributed by atoms with Crippen LogP contribution in [0.25, 0.3) is 0 Å². The van der Waals surface area contributed by atoms with Gasteiger partial charge in [0.25, 0.3) is 0 Å². The van der Waals surface area contributed by atoms with E-state index in [4.69, 9.17) is 0 Å². The number of hydrogen-bond donors (Lipinski definition) is 1. The molecule has 1 aromatic carbocycles. The molecule has 1 amide bonds. The summed E-state index contributed by atoms with van der Waals surface area (Å²) in [6.45, 7) is 1.91. The number of hydrogen-bond acceptors (Lipinski definition) is 1. The molecule has 0 heterocycles. The van der Waals surface area contributed by atoms with Gasteiger partial charge in [-0.05, 0) is 47.3 Å². The maximum atomic E-state index is 13.3. The number of aryl methyl sites for hydroxylation is 1. The fraction of sp³-hybridized carbons (Fsp3) is 0.500. The number of anilines is 1. The molecule has 1 aromatic rings. The van der Waals surface area contributed by atoms with Crippen LogP contribution in [-0.4, -0.2) is 11.8 Å². The van der Waals surface area contributed by atoms with Crippen molar-refractivity contribution >= 4 is 27.5 Å². The maximum absolute atomic E-state index is 13.3. The summed E-state index contributed by atoms with van der Waals surface area (Å²) < 4.78 is 27.4. The van der Waals surface area contributed by atoms with Crippen LogP contribution in [0.2, 0.25) is 0 Å². The van der Waals surface area contributed by atoms with Gasteiger partial charge < -0.3 is 5.32 Å². The van der Waals surface area contributed by atoms with E-state index >= 15 is 0 Å². The van der Waals surface area contributed by atoms with Crippen molar-refractivity contribution in [2.45, 2.75) is 38.5 Å². The molecule has 2 rings (SSSR count). The van der Waals surface area contributed by atoms with Crippen LogP contribution >= 0.6 is 15.9 Å². The second-order valence-electron chi connectivity index (χ2n) is 5.07. The Bertz CT molecular complexity index is 490. The minimum atomic E-state index is -2.70. The predicted molar refractivity (Wildman–Crippen MR) is 74.4 cm³/mol. The minimum absolute atomic E-state index is 0.106. The van der Waals surface area contributed by atoms with Crippen molar-refractivity contribution in [3.8, 4) is 0 Å². The van der Waals surface area contributed by atoms with E-state index in [9.17, 15) is 13.6 Å². The van der Waals surface area contributed by atoms with Gasteiger partial charge in [-0.1, -0.05) is 12.1 Å². The molecule has 0 aliphatic heterocycles. The Balaban J connectivity index is 2.07. The Morgan fingerprint density at radius 1 is 1.47 bits per heavy atom. The van der Waals surface area contributed by atoms with Crippen molar-refractivity contribution in [3.63, 3.8) is 0 Å². The summed E-state index contributed by atoms with van der Waals surface area (Å²) in [6.07, 6.45) is 0.484. The van der Waals surface area contributed by atoms with Crippen molar-refractivity contribution in [2.24, 2.45) is 5.92 Å². The van der Waals surface area contributed by atoms with E-state index in [1.807, 2.05) is 19.1 Å². The third kappa shape index (κ3) is 3.53. The van der Waals surface area contributed by atoms with Gasteiger partial charge in [0.05, 0.1) is 5.69 Å². The van der Waals surface area contributed by atoms with Gasteiger partial charge in [-0.15, -0.1) is 0 Å². The lowest BCUT2D eigenvalue weighted by Gasteiger charge is -2.28. The lowest BCUT2D eigenvalue weighted by molar-refractivity contribution is -0.127. The molecule has 19 heavy (non-hydrogen) atoms. The van der Waals surface area contributed by atoms with E-state index in [0.717, 1.165) is 10.0 Å². The minimum Gasteiger partial charge on any atom is -0.325 e. The molecule has 104 valence electrons. The predicted octanol–water partition coefficient (Wildman–Crippen LogP) is 4.52. The molecule has 0 radical (unpaired) electrons. The largest absolute Gasteiger partial charge is 0.325 e. The molecule has 1 aliphatic carbocycles. The van der Waals surface area contributed by atoms with Gasteiger partial charge in [0.15, 0.2) is 0 Å². The Kier molecular flexibility index (Phi) is 4.23. The Labute approximate surface area is 119 Å². The molecule has 2 nitrogen and oxygen atoms in total. The standard InChI is InChI=1S/C14H16BrF2NO/c1-9-4-2-6-11(12(9)15)18-13(19)10-5-3-7-14(16,17)8-10/h2,4,6,10H,3,5,7-8H2,1H3,(H,18,19). The molecule has 1 aliphatic rings. The van der Waals surface area contributed by atoms with Crippen LogP contribution in [-0.2, 0) is 4.79 Å². The monoisotopic (exact) mass is 331 g/mol. The summed E-state index contributed by atoms with van der Waals surface area (Å²) >= 11 is 3.39. The average molecular weight is 332 g/mol. The summed E-state index contributed by atoms with van der Waals surface area (Å²) in [5.41, 5.74) is 1.63. The fourth-order valence-corrected chi connectivity index (χ4v) is 2.74. The third-order valence-electron chi connectivity index (χ3n) is 3.46. The maximum Gasteiger partial charge on any atom is 0.248 e. The summed E-state index contributed by atoms with van der Waals surface area (Å²) in [5, 5.41) is 2.74. The van der Waals surface area contributed by atoms with E-state index in [-0.39, 0.29) is 18.7 Å². The number of carbonyl (C=O) groups is 1. The van der Waals surface area contributed by atoms with Gasteiger partial charge in [0.2, 0.25) is 11.8 Å². The molecular formula is C14H16BrF2NO. The molecule has 0 bridgehead atoms. The van der Waals surface area contributed by atoms with Crippen LogP contribution in [0.15, 0.2) is 22.7 Å². The summed E-state index contributed by atoms with van der Waals surface area (Å²) in [7, 11) is 0. The molecule has 1 fully saturated rings. The molecule has 0 aromatic heterocycles. The highest BCUT2D eigenvalue weighted by atomic mass is 79.9. The second-order valence-corrected chi connectivity index (χ2v) is 5.87. The first-order valence-corrected chi connectivity index (χ1v) is 7.12. The van der Waals surface area contributed by atoms with Crippen LogP contribution in [0.5, 0.6) is 0 Å². The number of carbonyl (C=O) groups excluding carboxylic acids is 1. The highest BCUT2D eigenvalue weighted by Gasteiger charge is 2.39. The quantitative estimate of drug-likeness (QED) is 0.848. The van der Waals surface area contributed by atoms with Crippen molar-refractivity contribution in [1.82, 2.24) is 0 Å². The van der Waals surface area contributed by atoms with Gasteiger partial charge in [-0.25, -0.2) is 8.78 Å². The zero-order chi connectivity index (χ0) is 14.0. The van der Waals surface area contributed by atoms with Gasteiger partial charge in [0, 0.05) is 23.2 Å². The zero-order valence-corrected chi connectivity index (χ0v) is 12.3. The summed E-state index contributed by atoms with van der Waals surface area (Å²) in [5.74, 6) is -3.62. The number of benzene rings is 1. The van der Waals surface area contributed by atoms with Crippen LogP contribution in [0.3, 0.4) is 0 Å². The Hall–Kier alpha value is -0.970. The number of nitrogens with one attached hydrogen (secondary N) is 1. The smallest absolute Gasteiger partial charge is 0.248 e.